The molecule has 0 unspecified atom stereocenters. The van der Waals surface area contributed by atoms with Gasteiger partial charge in [-0.05, 0) is 34.6 Å². The second-order valence-electron chi connectivity index (χ2n) is 7.22. The first-order valence-corrected chi connectivity index (χ1v) is 7.85. The van der Waals surface area contributed by atoms with Gasteiger partial charge in [-0.2, -0.15) is 0 Å². The molecule has 1 amide bonds. The Labute approximate surface area is 134 Å². The highest BCUT2D eigenvalue weighted by molar-refractivity contribution is 7.10. The quantitative estimate of drug-likeness (QED) is 0.884. The van der Waals surface area contributed by atoms with Crippen LogP contribution in [0.4, 0.5) is 4.79 Å². The standard InChI is InChI=1S/C15H24N2O4S/c1-13(2,3)21-12(20)17-15(6,7)14(4,5)11-16-9(8-22-11)10(18)19/h8H,1-7H3,(H,17,20)(H,18,19). The molecule has 0 aromatic carbocycles. The minimum atomic E-state index is -1.06. The van der Waals surface area contributed by atoms with Crippen molar-refractivity contribution in [2.45, 2.75) is 65.0 Å². The number of carboxylic acid groups (broad SMARTS) is 1. The van der Waals surface area contributed by atoms with E-state index in [1.807, 2.05) is 27.7 Å². The summed E-state index contributed by atoms with van der Waals surface area (Å²) >= 11 is 1.27. The molecule has 1 aromatic rings. The molecule has 1 heterocycles. The second kappa shape index (κ2) is 5.87. The van der Waals surface area contributed by atoms with Gasteiger partial charge in [0.2, 0.25) is 0 Å². The zero-order valence-electron chi connectivity index (χ0n) is 14.1. The predicted molar refractivity (Wildman–Crippen MR) is 85.5 cm³/mol. The number of aromatic carboxylic acids is 1. The third-order valence-corrected chi connectivity index (χ3v) is 4.80. The van der Waals surface area contributed by atoms with Crippen LogP contribution in [0, 0.1) is 0 Å². The molecule has 1 rings (SSSR count). The van der Waals surface area contributed by atoms with Crippen LogP contribution in [-0.4, -0.2) is 33.3 Å². The molecule has 0 saturated carbocycles. The number of hydrogen-bond donors (Lipinski definition) is 2. The average molecular weight is 328 g/mol. The molecule has 0 radical (unpaired) electrons. The number of aromatic nitrogens is 1. The van der Waals surface area contributed by atoms with Crippen molar-refractivity contribution in [3.63, 3.8) is 0 Å². The van der Waals surface area contributed by atoms with Gasteiger partial charge < -0.3 is 15.2 Å². The number of rotatable bonds is 4. The zero-order chi connectivity index (χ0) is 17.3. The van der Waals surface area contributed by atoms with Gasteiger partial charge in [0.25, 0.3) is 0 Å². The van der Waals surface area contributed by atoms with E-state index in [2.05, 4.69) is 10.3 Å². The normalized spacial score (nSPS) is 12.9. The van der Waals surface area contributed by atoms with Gasteiger partial charge in [-0.25, -0.2) is 14.6 Å². The Hall–Kier alpha value is -1.63. The van der Waals surface area contributed by atoms with E-state index in [9.17, 15) is 9.59 Å². The molecule has 0 aliphatic rings. The van der Waals surface area contributed by atoms with E-state index in [1.165, 1.54) is 16.7 Å². The molecule has 0 saturated heterocycles. The fraction of sp³-hybridized carbons (Fsp3) is 0.667. The van der Waals surface area contributed by atoms with Gasteiger partial charge in [0.05, 0.1) is 0 Å². The summed E-state index contributed by atoms with van der Waals surface area (Å²) in [5.41, 5.74) is -1.81. The number of amides is 1. The maximum atomic E-state index is 12.0. The molecule has 124 valence electrons. The smallest absolute Gasteiger partial charge is 0.408 e. The molecule has 1 aromatic heterocycles. The van der Waals surface area contributed by atoms with Crippen molar-refractivity contribution in [2.75, 3.05) is 0 Å². The molecule has 7 heteroatoms. The number of nitrogens with zero attached hydrogens (tertiary/aromatic N) is 1. The van der Waals surface area contributed by atoms with Crippen LogP contribution in [0.2, 0.25) is 0 Å². The summed E-state index contributed by atoms with van der Waals surface area (Å²) in [7, 11) is 0. The minimum absolute atomic E-state index is 0.0149. The lowest BCUT2D eigenvalue weighted by Crippen LogP contribution is -2.56. The largest absolute Gasteiger partial charge is 0.476 e. The van der Waals surface area contributed by atoms with Crippen LogP contribution in [0.5, 0.6) is 0 Å². The summed E-state index contributed by atoms with van der Waals surface area (Å²) in [5, 5.41) is 14.0. The SMILES string of the molecule is CC(C)(C)OC(=O)NC(C)(C)C(C)(C)c1nc(C(=O)O)cs1. The zero-order valence-corrected chi connectivity index (χ0v) is 14.9. The number of carbonyl (C=O) groups is 2. The fourth-order valence-electron chi connectivity index (χ4n) is 1.64. The summed E-state index contributed by atoms with van der Waals surface area (Å²) in [6, 6.07) is 0. The van der Waals surface area contributed by atoms with Crippen LogP contribution in [-0.2, 0) is 10.2 Å². The Balaban J connectivity index is 2.97. The van der Waals surface area contributed by atoms with E-state index >= 15 is 0 Å². The highest BCUT2D eigenvalue weighted by atomic mass is 32.1. The number of nitrogens with one attached hydrogen (secondary N) is 1. The highest BCUT2D eigenvalue weighted by Gasteiger charge is 2.43. The summed E-state index contributed by atoms with van der Waals surface area (Å²) in [5.74, 6) is -1.06. The Kier molecular flexibility index (Phi) is 4.91. The van der Waals surface area contributed by atoms with E-state index in [1.54, 1.807) is 20.8 Å². The lowest BCUT2D eigenvalue weighted by Gasteiger charge is -2.41. The fourth-order valence-corrected chi connectivity index (χ4v) is 2.72. The van der Waals surface area contributed by atoms with Gasteiger partial charge in [-0.3, -0.25) is 0 Å². The molecule has 0 spiro atoms. The van der Waals surface area contributed by atoms with Gasteiger partial charge in [0, 0.05) is 16.3 Å². The van der Waals surface area contributed by atoms with E-state index in [0.29, 0.717) is 5.01 Å². The first-order chi connectivity index (χ1) is 9.76. The maximum Gasteiger partial charge on any atom is 0.408 e. The molecule has 2 N–H and O–H groups in total. The maximum absolute atomic E-state index is 12.0. The topological polar surface area (TPSA) is 88.5 Å². The average Bonchev–Trinajstić information content (AvgIpc) is 2.74. The molecule has 0 bridgehead atoms. The number of hydrogen-bond acceptors (Lipinski definition) is 5. The van der Waals surface area contributed by atoms with Crippen molar-refractivity contribution in [3.8, 4) is 0 Å². The van der Waals surface area contributed by atoms with Crippen LogP contribution in [0.3, 0.4) is 0 Å². The second-order valence-corrected chi connectivity index (χ2v) is 8.08. The Morgan fingerprint density at radius 1 is 1.18 bits per heavy atom. The number of alkyl carbamates (subject to hydrolysis) is 1. The highest BCUT2D eigenvalue weighted by Crippen LogP contribution is 2.36. The van der Waals surface area contributed by atoms with Crippen LogP contribution >= 0.6 is 11.3 Å². The first-order valence-electron chi connectivity index (χ1n) is 6.97. The molecule has 0 aliphatic heterocycles. The van der Waals surface area contributed by atoms with Gasteiger partial charge in [-0.1, -0.05) is 13.8 Å². The Bertz CT molecular complexity index is 570. The monoisotopic (exact) mass is 328 g/mol. The van der Waals surface area contributed by atoms with Crippen molar-refractivity contribution in [2.24, 2.45) is 0 Å². The molecule has 0 atom stereocenters. The van der Waals surface area contributed by atoms with Crippen LogP contribution in [0.1, 0.15) is 64.0 Å². The molecule has 0 fully saturated rings. The summed E-state index contributed by atoms with van der Waals surface area (Å²) in [4.78, 5) is 27.2. The van der Waals surface area contributed by atoms with Gasteiger partial charge >= 0.3 is 12.1 Å². The predicted octanol–water partition coefficient (Wildman–Crippen LogP) is 3.42. The van der Waals surface area contributed by atoms with E-state index in [-0.39, 0.29) is 5.69 Å². The Morgan fingerprint density at radius 2 is 1.73 bits per heavy atom. The van der Waals surface area contributed by atoms with E-state index in [4.69, 9.17) is 9.84 Å². The van der Waals surface area contributed by atoms with Crippen LogP contribution in [0.15, 0.2) is 5.38 Å². The summed E-state index contributed by atoms with van der Waals surface area (Å²) in [6.07, 6.45) is -0.513. The third-order valence-electron chi connectivity index (χ3n) is 3.63. The molecule has 22 heavy (non-hydrogen) atoms. The van der Waals surface area contributed by atoms with Crippen LogP contribution in [0.25, 0.3) is 0 Å². The molecule has 6 nitrogen and oxygen atoms in total. The van der Waals surface area contributed by atoms with Crippen LogP contribution < -0.4 is 5.32 Å². The Morgan fingerprint density at radius 3 is 2.14 bits per heavy atom. The van der Waals surface area contributed by atoms with Crippen molar-refractivity contribution < 1.29 is 19.4 Å². The van der Waals surface area contributed by atoms with Gasteiger partial charge in [-0.15, -0.1) is 11.3 Å². The van der Waals surface area contributed by atoms with E-state index in [0.717, 1.165) is 0 Å². The number of carbonyl (C=O) groups excluding carboxylic acids is 1. The van der Waals surface area contributed by atoms with Crippen molar-refractivity contribution in [3.05, 3.63) is 16.1 Å². The number of thiazole rings is 1. The third kappa shape index (κ3) is 4.19. The molecule has 0 aliphatic carbocycles. The summed E-state index contributed by atoms with van der Waals surface area (Å²) < 4.78 is 5.29. The lowest BCUT2D eigenvalue weighted by molar-refractivity contribution is 0.0426. The first kappa shape index (κ1) is 18.4. The minimum Gasteiger partial charge on any atom is -0.476 e. The lowest BCUT2D eigenvalue weighted by atomic mass is 9.75. The van der Waals surface area contributed by atoms with Crippen molar-refractivity contribution >= 4 is 23.4 Å². The van der Waals surface area contributed by atoms with Gasteiger partial charge in [0.15, 0.2) is 5.69 Å². The molecular weight excluding hydrogens is 304 g/mol. The number of carboxylic acids is 1. The number of ether oxygens (including phenoxy) is 1. The van der Waals surface area contributed by atoms with Crippen molar-refractivity contribution in [1.29, 1.82) is 0 Å². The van der Waals surface area contributed by atoms with Crippen molar-refractivity contribution in [1.82, 2.24) is 10.3 Å². The summed E-state index contributed by atoms with van der Waals surface area (Å²) in [6.45, 7) is 12.9. The van der Waals surface area contributed by atoms with Gasteiger partial charge in [0.1, 0.15) is 10.6 Å². The molecular formula is C15H24N2O4S. The van der Waals surface area contributed by atoms with E-state index < -0.39 is 28.6 Å².